The Morgan fingerprint density at radius 2 is 2.33 bits per heavy atom. The van der Waals surface area contributed by atoms with Gasteiger partial charge >= 0.3 is 0 Å². The van der Waals surface area contributed by atoms with Crippen molar-refractivity contribution in [3.8, 4) is 0 Å². The zero-order valence-electron chi connectivity index (χ0n) is 5.77. The third kappa shape index (κ3) is 1.52. The van der Waals surface area contributed by atoms with Crippen LogP contribution in [0.3, 0.4) is 0 Å². The van der Waals surface area contributed by atoms with Crippen LogP contribution in [-0.2, 0) is 0 Å². The number of nitrogens with one attached hydrogen (secondary N) is 1. The lowest BCUT2D eigenvalue weighted by Gasteiger charge is -2.02. The zero-order valence-corrected chi connectivity index (χ0v) is 6.59. The highest BCUT2D eigenvalue weighted by Gasteiger charge is 2.09. The van der Waals surface area contributed by atoms with Crippen molar-refractivity contribution >= 4 is 17.2 Å². The first-order valence-corrected chi connectivity index (χ1v) is 3.59. The van der Waals surface area contributed by atoms with Crippen LogP contribution < -0.4 is 5.32 Å². The van der Waals surface area contributed by atoms with Gasteiger partial charge < -0.3 is 5.32 Å². The van der Waals surface area contributed by atoms with Gasteiger partial charge in [-0.25, -0.2) is 0 Å². The molecule has 0 radical (unpaired) electrons. The van der Waals surface area contributed by atoms with Crippen molar-refractivity contribution in [1.29, 1.82) is 0 Å². The van der Waals surface area contributed by atoms with E-state index in [1.54, 1.807) is 0 Å². The number of thiocarbonyl (C=S) groups is 1. The van der Waals surface area contributed by atoms with Gasteiger partial charge in [-0.3, -0.25) is 0 Å². The minimum atomic E-state index is 0.637. The summed E-state index contributed by atoms with van der Waals surface area (Å²) in [4.78, 5) is 0.888. The molecule has 0 saturated heterocycles. The second-order valence-corrected chi connectivity index (χ2v) is 3.03. The molecule has 1 heterocycles. The summed E-state index contributed by atoms with van der Waals surface area (Å²) in [7, 11) is 0. The van der Waals surface area contributed by atoms with E-state index < -0.39 is 0 Å². The van der Waals surface area contributed by atoms with Gasteiger partial charge in [0.15, 0.2) is 0 Å². The number of hydrogen-bond acceptors (Lipinski definition) is 1. The van der Waals surface area contributed by atoms with E-state index in [0.717, 1.165) is 11.5 Å². The molecule has 0 saturated carbocycles. The Bertz CT molecular complexity index is 158. The first kappa shape index (κ1) is 6.75. The van der Waals surface area contributed by atoms with Crippen LogP contribution in [0, 0.1) is 5.92 Å². The molecule has 1 rings (SSSR count). The molecule has 0 fully saturated rings. The molecule has 2 heteroatoms. The Kier molecular flexibility index (Phi) is 1.86. The summed E-state index contributed by atoms with van der Waals surface area (Å²) in [6.45, 7) is 5.32. The van der Waals surface area contributed by atoms with Crippen molar-refractivity contribution in [3.05, 3.63) is 11.6 Å². The predicted molar refractivity (Wildman–Crippen MR) is 43.5 cm³/mol. The molecule has 9 heavy (non-hydrogen) atoms. The maximum absolute atomic E-state index is 4.93. The Morgan fingerprint density at radius 1 is 1.67 bits per heavy atom. The van der Waals surface area contributed by atoms with Gasteiger partial charge in [-0.2, -0.15) is 0 Å². The zero-order chi connectivity index (χ0) is 6.85. The highest BCUT2D eigenvalue weighted by Crippen LogP contribution is 2.11. The molecule has 1 nitrogen and oxygen atoms in total. The van der Waals surface area contributed by atoms with Crippen molar-refractivity contribution in [2.75, 3.05) is 6.54 Å². The van der Waals surface area contributed by atoms with Crippen molar-refractivity contribution in [2.24, 2.45) is 5.92 Å². The van der Waals surface area contributed by atoms with E-state index in [1.165, 1.54) is 5.57 Å². The fourth-order valence-corrected chi connectivity index (χ4v) is 1.05. The van der Waals surface area contributed by atoms with Crippen LogP contribution in [0.4, 0.5) is 0 Å². The Labute approximate surface area is 61.1 Å². The Morgan fingerprint density at radius 3 is 2.56 bits per heavy atom. The first-order valence-electron chi connectivity index (χ1n) is 3.18. The summed E-state index contributed by atoms with van der Waals surface area (Å²) >= 11 is 4.93. The van der Waals surface area contributed by atoms with Gasteiger partial charge in [0.25, 0.3) is 0 Å². The number of rotatable bonds is 1. The van der Waals surface area contributed by atoms with Crippen molar-refractivity contribution in [2.45, 2.75) is 13.8 Å². The van der Waals surface area contributed by atoms with Gasteiger partial charge in [-0.05, 0) is 17.6 Å². The molecule has 0 aromatic heterocycles. The smallest absolute Gasteiger partial charge is 0.0990 e. The summed E-state index contributed by atoms with van der Waals surface area (Å²) in [5.74, 6) is 0.637. The van der Waals surface area contributed by atoms with Crippen LogP contribution in [0.5, 0.6) is 0 Å². The minimum Gasteiger partial charge on any atom is -0.373 e. The molecule has 0 aromatic rings. The molecule has 0 atom stereocenters. The molecule has 1 aliphatic rings. The van der Waals surface area contributed by atoms with E-state index in [9.17, 15) is 0 Å². The van der Waals surface area contributed by atoms with Gasteiger partial charge in [0.2, 0.25) is 0 Å². The second-order valence-electron chi connectivity index (χ2n) is 2.59. The maximum atomic E-state index is 4.93. The molecule has 50 valence electrons. The topological polar surface area (TPSA) is 12.0 Å². The third-order valence-corrected chi connectivity index (χ3v) is 1.79. The van der Waals surface area contributed by atoms with Gasteiger partial charge in [0, 0.05) is 6.54 Å². The van der Waals surface area contributed by atoms with Crippen LogP contribution in [-0.4, -0.2) is 11.5 Å². The minimum absolute atomic E-state index is 0.637. The van der Waals surface area contributed by atoms with E-state index in [0.29, 0.717) is 5.92 Å². The molecule has 0 aromatic carbocycles. The fourth-order valence-electron chi connectivity index (χ4n) is 0.830. The van der Waals surface area contributed by atoms with E-state index >= 15 is 0 Å². The van der Waals surface area contributed by atoms with Crippen LogP contribution in [0.15, 0.2) is 11.6 Å². The molecule has 0 aliphatic carbocycles. The standard InChI is InChI=1S/C7H11NS/c1-5(2)6-3-7(9)8-4-6/h3,5H,4H2,1-2H3,(H,8,9). The van der Waals surface area contributed by atoms with Crippen LogP contribution in [0.25, 0.3) is 0 Å². The molecular formula is C7H11NS. The Balaban J connectivity index is 2.62. The Hall–Kier alpha value is -0.370. The summed E-state index contributed by atoms with van der Waals surface area (Å²) in [6, 6.07) is 0. The van der Waals surface area contributed by atoms with E-state index in [-0.39, 0.29) is 0 Å². The fraction of sp³-hybridized carbons (Fsp3) is 0.571. The third-order valence-electron chi connectivity index (χ3n) is 1.52. The first-order chi connectivity index (χ1) is 4.20. The quantitative estimate of drug-likeness (QED) is 0.555. The molecule has 0 amide bonds. The monoisotopic (exact) mass is 141 g/mol. The summed E-state index contributed by atoms with van der Waals surface area (Å²) in [5.41, 5.74) is 1.42. The highest BCUT2D eigenvalue weighted by atomic mass is 32.1. The van der Waals surface area contributed by atoms with Crippen molar-refractivity contribution < 1.29 is 0 Å². The molecule has 0 unspecified atom stereocenters. The van der Waals surface area contributed by atoms with Crippen LogP contribution >= 0.6 is 12.2 Å². The largest absolute Gasteiger partial charge is 0.373 e. The predicted octanol–water partition coefficient (Wildman–Crippen LogP) is 1.50. The molecule has 1 aliphatic heterocycles. The van der Waals surface area contributed by atoms with Gasteiger partial charge in [0.1, 0.15) is 0 Å². The summed E-state index contributed by atoms with van der Waals surface area (Å²) < 4.78 is 0. The highest BCUT2D eigenvalue weighted by molar-refractivity contribution is 7.80. The van der Waals surface area contributed by atoms with Crippen molar-refractivity contribution in [1.82, 2.24) is 5.32 Å². The lowest BCUT2D eigenvalue weighted by atomic mass is 10.1. The van der Waals surface area contributed by atoms with Crippen LogP contribution in [0.1, 0.15) is 13.8 Å². The van der Waals surface area contributed by atoms with E-state index in [4.69, 9.17) is 12.2 Å². The molecule has 0 bridgehead atoms. The van der Waals surface area contributed by atoms with Gasteiger partial charge in [-0.1, -0.05) is 26.1 Å². The van der Waals surface area contributed by atoms with E-state index in [2.05, 4.69) is 25.2 Å². The molecule has 0 spiro atoms. The average Bonchev–Trinajstić information content (AvgIpc) is 2.14. The van der Waals surface area contributed by atoms with Gasteiger partial charge in [0.05, 0.1) is 4.99 Å². The maximum Gasteiger partial charge on any atom is 0.0990 e. The van der Waals surface area contributed by atoms with Crippen molar-refractivity contribution in [3.63, 3.8) is 0 Å². The lowest BCUT2D eigenvalue weighted by Crippen LogP contribution is -2.14. The molecule has 1 N–H and O–H groups in total. The lowest BCUT2D eigenvalue weighted by molar-refractivity contribution is 0.743. The summed E-state index contributed by atoms with van der Waals surface area (Å²) in [6.07, 6.45) is 2.06. The second kappa shape index (κ2) is 2.48. The van der Waals surface area contributed by atoms with Crippen LogP contribution in [0.2, 0.25) is 0 Å². The summed E-state index contributed by atoms with van der Waals surface area (Å²) in [5, 5.41) is 3.09. The molecular weight excluding hydrogens is 130 g/mol. The normalized spacial score (nSPS) is 18.1. The van der Waals surface area contributed by atoms with E-state index in [1.807, 2.05) is 0 Å². The van der Waals surface area contributed by atoms with Gasteiger partial charge in [-0.15, -0.1) is 0 Å². The number of hydrogen-bond donors (Lipinski definition) is 1. The average molecular weight is 141 g/mol. The SMILES string of the molecule is CC(C)C1=CC(=S)NC1.